The van der Waals surface area contributed by atoms with Crippen LogP contribution in [-0.4, -0.2) is 32.4 Å². The first-order valence-electron chi connectivity index (χ1n) is 10.5. The monoisotopic (exact) mass is 489 g/mol. The first kappa shape index (κ1) is 23.6. The van der Waals surface area contributed by atoms with E-state index in [4.69, 9.17) is 0 Å². The molecule has 1 heterocycles. The van der Waals surface area contributed by atoms with Crippen molar-refractivity contribution in [1.29, 1.82) is 0 Å². The normalized spacial score (nSPS) is 14.9. The van der Waals surface area contributed by atoms with E-state index in [0.717, 1.165) is 12.1 Å². The smallest absolute Gasteiger partial charge is 0.320 e. The lowest BCUT2D eigenvalue weighted by molar-refractivity contribution is -0.137. The third-order valence-corrected chi connectivity index (χ3v) is 6.83. The van der Waals surface area contributed by atoms with Crippen molar-refractivity contribution in [3.63, 3.8) is 0 Å². The van der Waals surface area contributed by atoms with E-state index < -0.39 is 21.8 Å². The summed E-state index contributed by atoms with van der Waals surface area (Å²) in [5.74, 6) is 0. The number of sulfonamides is 1. The standard InChI is InChI=1S/C24H22F3N3O3S/c25-24(26,27)19-12-10-18(11-13-19)17-29-14-5-15-30(23(29)31)21-7-4-6-20(16-21)28-34(32,33)22-8-2-1-3-9-22/h1-4,6-13,16,28H,5,14-15,17H2. The molecule has 0 bridgehead atoms. The van der Waals surface area contributed by atoms with E-state index in [0.29, 0.717) is 36.4 Å². The van der Waals surface area contributed by atoms with Crippen LogP contribution in [0.15, 0.2) is 83.8 Å². The number of urea groups is 1. The third-order valence-electron chi connectivity index (χ3n) is 5.43. The van der Waals surface area contributed by atoms with Gasteiger partial charge in [0.25, 0.3) is 10.0 Å². The summed E-state index contributed by atoms with van der Waals surface area (Å²) >= 11 is 0. The van der Waals surface area contributed by atoms with Gasteiger partial charge in [-0.15, -0.1) is 0 Å². The molecule has 4 rings (SSSR count). The number of carbonyl (C=O) groups excluding carboxylic acids is 1. The molecule has 34 heavy (non-hydrogen) atoms. The van der Waals surface area contributed by atoms with Crippen molar-refractivity contribution < 1.29 is 26.4 Å². The van der Waals surface area contributed by atoms with Crippen LogP contribution in [0.1, 0.15) is 17.5 Å². The van der Waals surface area contributed by atoms with Crippen molar-refractivity contribution in [2.24, 2.45) is 0 Å². The lowest BCUT2D eigenvalue weighted by Gasteiger charge is -2.36. The van der Waals surface area contributed by atoms with Crippen LogP contribution in [0, 0.1) is 0 Å². The number of hydrogen-bond donors (Lipinski definition) is 1. The Hall–Kier alpha value is -3.53. The first-order valence-corrected chi connectivity index (χ1v) is 12.0. The molecule has 0 spiro atoms. The van der Waals surface area contributed by atoms with Gasteiger partial charge in [0.1, 0.15) is 0 Å². The highest BCUT2D eigenvalue weighted by molar-refractivity contribution is 7.92. The van der Waals surface area contributed by atoms with E-state index in [1.165, 1.54) is 29.2 Å². The van der Waals surface area contributed by atoms with Crippen molar-refractivity contribution in [1.82, 2.24) is 4.90 Å². The van der Waals surface area contributed by atoms with Crippen LogP contribution in [0.25, 0.3) is 0 Å². The van der Waals surface area contributed by atoms with Crippen LogP contribution in [-0.2, 0) is 22.7 Å². The Bertz CT molecular complexity index is 1260. The SMILES string of the molecule is O=C1N(Cc2ccc(C(F)(F)F)cc2)CCCN1c1cccc(NS(=O)(=O)c2ccccc2)c1. The predicted octanol–water partition coefficient (Wildman–Crippen LogP) is 5.34. The van der Waals surface area contributed by atoms with E-state index in [9.17, 15) is 26.4 Å². The number of amides is 2. The number of anilines is 2. The number of halogens is 3. The van der Waals surface area contributed by atoms with E-state index in [-0.39, 0.29) is 17.5 Å². The zero-order valence-corrected chi connectivity index (χ0v) is 18.8. The fraction of sp³-hybridized carbons (Fsp3) is 0.208. The Morgan fingerprint density at radius 3 is 2.26 bits per heavy atom. The molecule has 1 aliphatic rings. The van der Waals surface area contributed by atoms with Crippen LogP contribution in [0.4, 0.5) is 29.3 Å². The Balaban J connectivity index is 1.49. The molecule has 0 saturated carbocycles. The number of alkyl halides is 3. The minimum absolute atomic E-state index is 0.122. The number of nitrogens with zero attached hydrogens (tertiary/aromatic N) is 2. The summed E-state index contributed by atoms with van der Waals surface area (Å²) in [5, 5.41) is 0. The topological polar surface area (TPSA) is 69.7 Å². The van der Waals surface area contributed by atoms with Gasteiger partial charge >= 0.3 is 12.2 Å². The molecule has 1 N–H and O–H groups in total. The molecule has 1 saturated heterocycles. The average molecular weight is 490 g/mol. The van der Waals surface area contributed by atoms with Gasteiger partial charge in [-0.25, -0.2) is 13.2 Å². The van der Waals surface area contributed by atoms with Gasteiger partial charge in [-0.3, -0.25) is 9.62 Å². The molecule has 10 heteroatoms. The molecule has 1 aliphatic heterocycles. The molecule has 0 aliphatic carbocycles. The second kappa shape index (κ2) is 9.38. The molecule has 0 atom stereocenters. The minimum Gasteiger partial charge on any atom is -0.320 e. The van der Waals surface area contributed by atoms with Crippen LogP contribution in [0.5, 0.6) is 0 Å². The summed E-state index contributed by atoms with van der Waals surface area (Å²) in [6, 6.07) is 18.9. The maximum absolute atomic E-state index is 13.1. The predicted molar refractivity (Wildman–Crippen MR) is 123 cm³/mol. The lowest BCUT2D eigenvalue weighted by Crippen LogP contribution is -2.49. The Kier molecular flexibility index (Phi) is 6.52. The summed E-state index contributed by atoms with van der Waals surface area (Å²) in [7, 11) is -3.78. The zero-order chi connectivity index (χ0) is 24.3. The van der Waals surface area contributed by atoms with Gasteiger partial charge in [0.2, 0.25) is 0 Å². The van der Waals surface area contributed by atoms with Gasteiger partial charge in [-0.1, -0.05) is 36.4 Å². The quantitative estimate of drug-likeness (QED) is 0.508. The number of benzene rings is 3. The van der Waals surface area contributed by atoms with Crippen molar-refractivity contribution in [3.05, 3.63) is 90.0 Å². The lowest BCUT2D eigenvalue weighted by atomic mass is 10.1. The summed E-state index contributed by atoms with van der Waals surface area (Å²) in [5.41, 5.74) is 0.689. The maximum atomic E-state index is 13.1. The largest absolute Gasteiger partial charge is 0.416 e. The molecule has 1 fully saturated rings. The molecule has 0 aromatic heterocycles. The Morgan fingerprint density at radius 1 is 0.882 bits per heavy atom. The molecule has 178 valence electrons. The van der Waals surface area contributed by atoms with E-state index >= 15 is 0 Å². The number of carbonyl (C=O) groups is 1. The van der Waals surface area contributed by atoms with Crippen LogP contribution >= 0.6 is 0 Å². The Morgan fingerprint density at radius 2 is 1.59 bits per heavy atom. The van der Waals surface area contributed by atoms with Gasteiger partial charge in [-0.05, 0) is 54.4 Å². The average Bonchev–Trinajstić information content (AvgIpc) is 2.81. The highest BCUT2D eigenvalue weighted by atomic mass is 32.2. The van der Waals surface area contributed by atoms with Gasteiger partial charge in [0.05, 0.1) is 16.1 Å². The summed E-state index contributed by atoms with van der Waals surface area (Å²) < 4.78 is 66.2. The highest BCUT2D eigenvalue weighted by Gasteiger charge is 2.31. The zero-order valence-electron chi connectivity index (χ0n) is 18.0. The van der Waals surface area contributed by atoms with Crippen LogP contribution in [0.3, 0.4) is 0 Å². The molecular weight excluding hydrogens is 467 g/mol. The maximum Gasteiger partial charge on any atom is 0.416 e. The van der Waals surface area contributed by atoms with Gasteiger partial charge in [-0.2, -0.15) is 13.2 Å². The highest BCUT2D eigenvalue weighted by Crippen LogP contribution is 2.30. The third kappa shape index (κ3) is 5.33. The fourth-order valence-corrected chi connectivity index (χ4v) is 4.81. The number of nitrogens with one attached hydrogen (secondary N) is 1. The fourth-order valence-electron chi connectivity index (χ4n) is 3.74. The molecule has 0 radical (unpaired) electrons. The van der Waals surface area contributed by atoms with Crippen LogP contribution in [0.2, 0.25) is 0 Å². The minimum atomic E-state index is -4.41. The summed E-state index contributed by atoms with van der Waals surface area (Å²) in [4.78, 5) is 16.3. The van der Waals surface area contributed by atoms with E-state index in [2.05, 4.69) is 4.72 Å². The van der Waals surface area contributed by atoms with Gasteiger partial charge in [0.15, 0.2) is 0 Å². The Labute approximate surface area is 195 Å². The van der Waals surface area contributed by atoms with Gasteiger partial charge in [0, 0.05) is 25.3 Å². The van der Waals surface area contributed by atoms with Crippen molar-refractivity contribution in [3.8, 4) is 0 Å². The van der Waals surface area contributed by atoms with Crippen molar-refractivity contribution >= 4 is 27.4 Å². The molecule has 2 amide bonds. The number of rotatable bonds is 6. The molecule has 0 unspecified atom stereocenters. The van der Waals surface area contributed by atoms with Gasteiger partial charge < -0.3 is 4.90 Å². The summed E-state index contributed by atoms with van der Waals surface area (Å²) in [6.07, 6.45) is -3.75. The van der Waals surface area contributed by atoms with E-state index in [1.807, 2.05) is 0 Å². The van der Waals surface area contributed by atoms with Crippen LogP contribution < -0.4 is 9.62 Å². The number of hydrogen-bond acceptors (Lipinski definition) is 3. The van der Waals surface area contributed by atoms with Crippen molar-refractivity contribution in [2.45, 2.75) is 24.0 Å². The second-order valence-electron chi connectivity index (χ2n) is 7.87. The molecule has 3 aromatic carbocycles. The molecule has 3 aromatic rings. The molecular formula is C24H22F3N3O3S. The summed E-state index contributed by atoms with van der Waals surface area (Å²) in [6.45, 7) is 1.09. The van der Waals surface area contributed by atoms with E-state index in [1.54, 1.807) is 47.4 Å². The second-order valence-corrected chi connectivity index (χ2v) is 9.56. The molecule has 6 nitrogen and oxygen atoms in total. The van der Waals surface area contributed by atoms with Crippen molar-refractivity contribution in [2.75, 3.05) is 22.7 Å². The first-order chi connectivity index (χ1) is 16.1.